The Balaban J connectivity index is 1.91. The van der Waals surface area contributed by atoms with Crippen LogP contribution in [0.15, 0.2) is 65.8 Å². The van der Waals surface area contributed by atoms with Crippen molar-refractivity contribution in [1.29, 1.82) is 0 Å². The van der Waals surface area contributed by atoms with Gasteiger partial charge in [0.15, 0.2) is 11.6 Å². The van der Waals surface area contributed by atoms with Crippen molar-refractivity contribution in [2.45, 2.75) is 6.42 Å². The Morgan fingerprint density at radius 3 is 2.61 bits per heavy atom. The first kappa shape index (κ1) is 10.9. The van der Waals surface area contributed by atoms with Crippen molar-refractivity contribution in [1.82, 2.24) is 0 Å². The molecule has 1 unspecified atom stereocenters. The summed E-state index contributed by atoms with van der Waals surface area (Å²) in [6, 6.07) is 9.89. The summed E-state index contributed by atoms with van der Waals surface area (Å²) in [6.45, 7) is 0. The fourth-order valence-corrected chi connectivity index (χ4v) is 2.48. The van der Waals surface area contributed by atoms with Gasteiger partial charge in [-0.2, -0.15) is 0 Å². The SMILES string of the molecule is O=C1C=CC=C2C1=CC(=O)C2Cc1ccccc1. The van der Waals surface area contributed by atoms with Gasteiger partial charge in [-0.1, -0.05) is 42.5 Å². The fraction of sp³-hybridized carbons (Fsp3) is 0.125. The Morgan fingerprint density at radius 1 is 1.06 bits per heavy atom. The second-order valence-electron chi connectivity index (χ2n) is 4.55. The molecule has 2 nitrogen and oxygen atoms in total. The molecule has 18 heavy (non-hydrogen) atoms. The number of ketones is 2. The van der Waals surface area contributed by atoms with E-state index in [0.29, 0.717) is 12.0 Å². The van der Waals surface area contributed by atoms with Crippen LogP contribution in [-0.2, 0) is 16.0 Å². The minimum atomic E-state index is -0.198. The third kappa shape index (κ3) is 1.76. The van der Waals surface area contributed by atoms with Crippen LogP contribution >= 0.6 is 0 Å². The molecule has 3 rings (SSSR count). The lowest BCUT2D eigenvalue weighted by Crippen LogP contribution is -2.14. The highest BCUT2D eigenvalue weighted by atomic mass is 16.1. The third-order valence-corrected chi connectivity index (χ3v) is 3.39. The Bertz CT molecular complexity index is 603. The van der Waals surface area contributed by atoms with Crippen LogP contribution in [0.1, 0.15) is 5.56 Å². The van der Waals surface area contributed by atoms with Crippen molar-refractivity contribution in [3.05, 3.63) is 71.3 Å². The normalized spacial score (nSPS) is 21.7. The molecule has 0 spiro atoms. The predicted molar refractivity (Wildman–Crippen MR) is 69.0 cm³/mol. The molecule has 1 atom stereocenters. The van der Waals surface area contributed by atoms with E-state index >= 15 is 0 Å². The second kappa shape index (κ2) is 4.22. The van der Waals surface area contributed by atoms with Crippen LogP contribution in [-0.4, -0.2) is 11.6 Å². The summed E-state index contributed by atoms with van der Waals surface area (Å²) in [5.74, 6) is -0.218. The van der Waals surface area contributed by atoms with E-state index in [2.05, 4.69) is 0 Å². The predicted octanol–water partition coefficient (Wildman–Crippen LogP) is 2.42. The first-order chi connectivity index (χ1) is 8.75. The summed E-state index contributed by atoms with van der Waals surface area (Å²) in [4.78, 5) is 23.7. The zero-order valence-corrected chi connectivity index (χ0v) is 9.80. The van der Waals surface area contributed by atoms with Crippen molar-refractivity contribution in [3.63, 3.8) is 0 Å². The van der Waals surface area contributed by atoms with Crippen molar-refractivity contribution in [3.8, 4) is 0 Å². The lowest BCUT2D eigenvalue weighted by atomic mass is 9.88. The van der Waals surface area contributed by atoms with Gasteiger partial charge in [0.25, 0.3) is 0 Å². The average molecular weight is 236 g/mol. The van der Waals surface area contributed by atoms with E-state index in [1.165, 1.54) is 12.2 Å². The van der Waals surface area contributed by atoms with Gasteiger partial charge in [-0.3, -0.25) is 9.59 Å². The summed E-state index contributed by atoms with van der Waals surface area (Å²) >= 11 is 0. The van der Waals surface area contributed by atoms with Gasteiger partial charge in [0.05, 0.1) is 5.92 Å². The van der Waals surface area contributed by atoms with E-state index < -0.39 is 0 Å². The van der Waals surface area contributed by atoms with Gasteiger partial charge in [-0.25, -0.2) is 0 Å². The molecule has 0 bridgehead atoms. The molecule has 0 fully saturated rings. The van der Waals surface area contributed by atoms with Crippen molar-refractivity contribution < 1.29 is 9.59 Å². The summed E-state index contributed by atoms with van der Waals surface area (Å²) in [6.07, 6.45) is 7.27. The van der Waals surface area contributed by atoms with E-state index in [4.69, 9.17) is 0 Å². The minimum absolute atomic E-state index is 0.0390. The number of benzene rings is 1. The maximum atomic E-state index is 12.0. The van der Waals surface area contributed by atoms with Crippen LogP contribution in [0.2, 0.25) is 0 Å². The lowest BCUT2D eigenvalue weighted by molar-refractivity contribution is -0.116. The van der Waals surface area contributed by atoms with Crippen molar-refractivity contribution in [2.75, 3.05) is 0 Å². The van der Waals surface area contributed by atoms with Gasteiger partial charge in [0.1, 0.15) is 0 Å². The number of fused-ring (bicyclic) bond motifs is 1. The van der Waals surface area contributed by atoms with Gasteiger partial charge in [0, 0.05) is 5.57 Å². The largest absolute Gasteiger partial charge is 0.294 e. The van der Waals surface area contributed by atoms with E-state index in [1.807, 2.05) is 36.4 Å². The summed E-state index contributed by atoms with van der Waals surface area (Å²) < 4.78 is 0. The van der Waals surface area contributed by atoms with Crippen molar-refractivity contribution in [2.24, 2.45) is 5.92 Å². The van der Waals surface area contributed by atoms with Gasteiger partial charge in [0.2, 0.25) is 0 Å². The quantitative estimate of drug-likeness (QED) is 0.790. The molecule has 88 valence electrons. The number of hydrogen-bond acceptors (Lipinski definition) is 2. The monoisotopic (exact) mass is 236 g/mol. The van der Waals surface area contributed by atoms with Crippen LogP contribution in [0.25, 0.3) is 0 Å². The van der Waals surface area contributed by atoms with Gasteiger partial charge < -0.3 is 0 Å². The zero-order valence-electron chi connectivity index (χ0n) is 9.80. The molecule has 0 amide bonds. The highest BCUT2D eigenvalue weighted by Crippen LogP contribution is 2.33. The topological polar surface area (TPSA) is 34.1 Å². The lowest BCUT2D eigenvalue weighted by Gasteiger charge is -2.14. The molecule has 0 saturated carbocycles. The molecule has 0 aromatic heterocycles. The highest BCUT2D eigenvalue weighted by Gasteiger charge is 2.33. The second-order valence-corrected chi connectivity index (χ2v) is 4.55. The standard InChI is InChI=1S/C16H12O2/c17-15-8-4-7-12-13(16(18)10-14(12)15)9-11-5-2-1-3-6-11/h1-8,10,13H,9H2. The molecule has 0 radical (unpaired) electrons. The van der Waals surface area contributed by atoms with E-state index in [0.717, 1.165) is 11.1 Å². The summed E-state index contributed by atoms with van der Waals surface area (Å²) in [5.41, 5.74) is 2.56. The molecule has 1 aromatic carbocycles. The molecule has 0 N–H and O–H groups in total. The maximum absolute atomic E-state index is 12.0. The van der Waals surface area contributed by atoms with Crippen LogP contribution < -0.4 is 0 Å². The Morgan fingerprint density at radius 2 is 1.83 bits per heavy atom. The Hall–Kier alpha value is -2.22. The third-order valence-electron chi connectivity index (χ3n) is 3.39. The molecule has 2 aliphatic carbocycles. The molecule has 0 aliphatic heterocycles. The van der Waals surface area contributed by atoms with Gasteiger partial charge in [-0.15, -0.1) is 0 Å². The van der Waals surface area contributed by atoms with Crippen LogP contribution in [0.4, 0.5) is 0 Å². The minimum Gasteiger partial charge on any atom is -0.294 e. The number of hydrogen-bond donors (Lipinski definition) is 0. The number of rotatable bonds is 2. The van der Waals surface area contributed by atoms with E-state index in [1.54, 1.807) is 6.08 Å². The van der Waals surface area contributed by atoms with E-state index in [9.17, 15) is 9.59 Å². The first-order valence-electron chi connectivity index (χ1n) is 5.98. The molecule has 0 heterocycles. The maximum Gasteiger partial charge on any atom is 0.186 e. The van der Waals surface area contributed by atoms with E-state index in [-0.39, 0.29) is 17.5 Å². The highest BCUT2D eigenvalue weighted by molar-refractivity contribution is 6.17. The van der Waals surface area contributed by atoms with Crippen molar-refractivity contribution >= 4 is 11.6 Å². The summed E-state index contributed by atoms with van der Waals surface area (Å²) in [5, 5.41) is 0. The Labute approximate surface area is 105 Å². The molecule has 2 aliphatic rings. The van der Waals surface area contributed by atoms with Gasteiger partial charge in [-0.05, 0) is 29.7 Å². The van der Waals surface area contributed by atoms with Crippen LogP contribution in [0.3, 0.4) is 0 Å². The zero-order chi connectivity index (χ0) is 12.5. The molecular weight excluding hydrogens is 224 g/mol. The van der Waals surface area contributed by atoms with Gasteiger partial charge >= 0.3 is 0 Å². The number of carbonyl (C=O) groups is 2. The molecule has 0 saturated heterocycles. The molecule has 1 aromatic rings. The summed E-state index contributed by atoms with van der Waals surface area (Å²) in [7, 11) is 0. The molecular formula is C16H12O2. The smallest absolute Gasteiger partial charge is 0.186 e. The number of allylic oxidation sites excluding steroid dienone is 6. The first-order valence-corrected chi connectivity index (χ1v) is 5.98. The van der Waals surface area contributed by atoms with Crippen LogP contribution in [0.5, 0.6) is 0 Å². The Kier molecular flexibility index (Phi) is 2.56. The average Bonchev–Trinajstić information content (AvgIpc) is 2.70. The van der Waals surface area contributed by atoms with Crippen LogP contribution in [0, 0.1) is 5.92 Å². The fourth-order valence-electron chi connectivity index (χ4n) is 2.48. The number of carbonyl (C=O) groups excluding carboxylic acids is 2. The molecule has 2 heteroatoms.